The molecule has 0 aromatic heterocycles. The van der Waals surface area contributed by atoms with Crippen molar-refractivity contribution in [2.75, 3.05) is 0 Å². The predicted octanol–water partition coefficient (Wildman–Crippen LogP) is -5.66. The summed E-state index contributed by atoms with van der Waals surface area (Å²) in [4.78, 5) is 20.5. The first-order valence-corrected chi connectivity index (χ1v) is 2.79. The first kappa shape index (κ1) is 10.9. The van der Waals surface area contributed by atoms with Gasteiger partial charge < -0.3 is 20.3 Å². The zero-order valence-corrected chi connectivity index (χ0v) is 8.09. The van der Waals surface area contributed by atoms with Gasteiger partial charge in [-0.15, -0.1) is 0 Å². The molecule has 1 fully saturated rings. The zero-order chi connectivity index (χ0) is 7.78. The van der Waals surface area contributed by atoms with E-state index in [2.05, 4.69) is 0 Å². The Morgan fingerprint density at radius 1 is 1.73 bits per heavy atom. The van der Waals surface area contributed by atoms with Gasteiger partial charge in [-0.3, -0.25) is 4.79 Å². The van der Waals surface area contributed by atoms with Crippen molar-refractivity contribution in [1.29, 1.82) is 0 Å². The van der Waals surface area contributed by atoms with Crippen LogP contribution in [-0.2, 0) is 9.59 Å². The third kappa shape index (κ3) is 2.16. The van der Waals surface area contributed by atoms with Crippen molar-refractivity contribution < 1.29 is 49.4 Å². The summed E-state index contributed by atoms with van der Waals surface area (Å²) in [6, 6.07) is 0. The standard InChI is InChI=1S/C5H7NO4.Na/c7-3-1-2-5(10,6-3)4(8)9;/h10H,1-2H2,(H,6,7)(H,8,9);/q;+1/p-1/t5-;/m1./s1. The Morgan fingerprint density at radius 3 is 2.45 bits per heavy atom. The molecule has 1 atom stereocenters. The third-order valence-electron chi connectivity index (χ3n) is 1.40. The van der Waals surface area contributed by atoms with Crippen LogP contribution in [0.5, 0.6) is 0 Å². The smallest absolute Gasteiger partial charge is 0.545 e. The minimum atomic E-state index is -2.13. The van der Waals surface area contributed by atoms with Crippen LogP contribution in [-0.4, -0.2) is 22.7 Å². The van der Waals surface area contributed by atoms with Crippen LogP contribution in [0.25, 0.3) is 0 Å². The van der Waals surface area contributed by atoms with Crippen molar-refractivity contribution >= 4 is 11.9 Å². The van der Waals surface area contributed by atoms with Crippen LogP contribution in [0.3, 0.4) is 0 Å². The van der Waals surface area contributed by atoms with E-state index in [1.165, 1.54) is 0 Å². The first-order valence-electron chi connectivity index (χ1n) is 2.79. The molecule has 56 valence electrons. The molecule has 1 amide bonds. The topological polar surface area (TPSA) is 89.5 Å². The number of hydrogen-bond acceptors (Lipinski definition) is 4. The van der Waals surface area contributed by atoms with E-state index in [-0.39, 0.29) is 42.4 Å². The maximum Gasteiger partial charge on any atom is 1.00 e. The zero-order valence-electron chi connectivity index (χ0n) is 6.09. The maximum atomic E-state index is 10.4. The van der Waals surface area contributed by atoms with Gasteiger partial charge in [-0.05, 0) is 0 Å². The van der Waals surface area contributed by atoms with Crippen molar-refractivity contribution in [2.45, 2.75) is 18.6 Å². The van der Waals surface area contributed by atoms with E-state index in [9.17, 15) is 14.7 Å². The predicted molar refractivity (Wildman–Crippen MR) is 27.3 cm³/mol. The van der Waals surface area contributed by atoms with Gasteiger partial charge in [0.15, 0.2) is 5.72 Å². The molecule has 6 heteroatoms. The molecule has 0 bridgehead atoms. The third-order valence-corrected chi connectivity index (χ3v) is 1.40. The Kier molecular flexibility index (Phi) is 3.50. The van der Waals surface area contributed by atoms with Gasteiger partial charge >= 0.3 is 29.6 Å². The summed E-state index contributed by atoms with van der Waals surface area (Å²) < 4.78 is 0. The normalized spacial score (nSPS) is 29.0. The van der Waals surface area contributed by atoms with Crippen molar-refractivity contribution in [3.05, 3.63) is 0 Å². The number of amides is 1. The van der Waals surface area contributed by atoms with Crippen LogP contribution in [0.2, 0.25) is 0 Å². The molecule has 1 heterocycles. The summed E-state index contributed by atoms with van der Waals surface area (Å²) in [5.41, 5.74) is -2.13. The van der Waals surface area contributed by atoms with Gasteiger partial charge in [0, 0.05) is 12.8 Å². The van der Waals surface area contributed by atoms with Gasteiger partial charge in [0.05, 0.1) is 5.97 Å². The number of aliphatic carboxylic acids is 1. The van der Waals surface area contributed by atoms with Crippen molar-refractivity contribution in [2.24, 2.45) is 0 Å². The molecular formula is C5H6NNaO4. The van der Waals surface area contributed by atoms with E-state index >= 15 is 0 Å². The molecule has 0 aromatic carbocycles. The molecule has 0 radical (unpaired) electrons. The van der Waals surface area contributed by atoms with Crippen LogP contribution < -0.4 is 40.0 Å². The largest absolute Gasteiger partial charge is 1.00 e. The minimum Gasteiger partial charge on any atom is -0.545 e. The average Bonchev–Trinajstić information content (AvgIpc) is 2.13. The Labute approximate surface area is 85.1 Å². The summed E-state index contributed by atoms with van der Waals surface area (Å²) in [7, 11) is 0. The summed E-state index contributed by atoms with van der Waals surface area (Å²) in [6.07, 6.45) is -0.0847. The van der Waals surface area contributed by atoms with Crippen molar-refractivity contribution in [3.63, 3.8) is 0 Å². The molecule has 5 nitrogen and oxygen atoms in total. The number of carbonyl (C=O) groups excluding carboxylic acids is 2. The summed E-state index contributed by atoms with van der Waals surface area (Å²) >= 11 is 0. The monoisotopic (exact) mass is 167 g/mol. The molecule has 1 aliphatic rings. The van der Waals surface area contributed by atoms with Gasteiger partial charge in [0.25, 0.3) is 0 Å². The number of hydrogen-bond donors (Lipinski definition) is 2. The molecule has 0 spiro atoms. The number of nitrogens with one attached hydrogen (secondary N) is 1. The Morgan fingerprint density at radius 2 is 2.27 bits per heavy atom. The molecule has 0 aromatic rings. The van der Waals surface area contributed by atoms with Crippen LogP contribution >= 0.6 is 0 Å². The summed E-state index contributed by atoms with van der Waals surface area (Å²) in [5.74, 6) is -2.12. The second-order valence-electron chi connectivity index (χ2n) is 2.20. The van der Waals surface area contributed by atoms with E-state index < -0.39 is 17.6 Å². The van der Waals surface area contributed by atoms with E-state index in [1.807, 2.05) is 5.32 Å². The quantitative estimate of drug-likeness (QED) is 0.381. The number of carboxylic acids is 1. The molecule has 0 saturated carbocycles. The summed E-state index contributed by atoms with van der Waals surface area (Å²) in [5, 5.41) is 20.9. The Hall–Kier alpha value is -0.1000. The van der Waals surface area contributed by atoms with Gasteiger partial charge in [-0.1, -0.05) is 0 Å². The molecule has 0 unspecified atom stereocenters. The van der Waals surface area contributed by atoms with Gasteiger partial charge in [-0.2, -0.15) is 0 Å². The second kappa shape index (κ2) is 3.53. The van der Waals surface area contributed by atoms with E-state index in [0.717, 1.165) is 0 Å². The number of aliphatic hydroxyl groups is 1. The van der Waals surface area contributed by atoms with Crippen LogP contribution in [0.1, 0.15) is 12.8 Å². The summed E-state index contributed by atoms with van der Waals surface area (Å²) in [6.45, 7) is 0. The number of carbonyl (C=O) groups is 2. The van der Waals surface area contributed by atoms with E-state index in [0.29, 0.717) is 0 Å². The van der Waals surface area contributed by atoms with Crippen molar-refractivity contribution in [1.82, 2.24) is 5.32 Å². The molecule has 11 heavy (non-hydrogen) atoms. The Balaban J connectivity index is 0.000001000. The Bertz CT molecular complexity index is 195. The fourth-order valence-corrected chi connectivity index (χ4v) is 0.803. The molecule has 2 N–H and O–H groups in total. The molecular weight excluding hydrogens is 161 g/mol. The molecule has 1 rings (SSSR count). The van der Waals surface area contributed by atoms with Gasteiger partial charge in [-0.25, -0.2) is 0 Å². The maximum absolute atomic E-state index is 10.4. The number of carboxylic acid groups (broad SMARTS) is 1. The van der Waals surface area contributed by atoms with E-state index in [1.54, 1.807) is 0 Å². The van der Waals surface area contributed by atoms with Crippen LogP contribution in [0, 0.1) is 0 Å². The van der Waals surface area contributed by atoms with Crippen molar-refractivity contribution in [3.8, 4) is 0 Å². The van der Waals surface area contributed by atoms with Crippen LogP contribution in [0.4, 0.5) is 0 Å². The fraction of sp³-hybridized carbons (Fsp3) is 0.600. The SMILES string of the molecule is O=C1CC[C@@](O)(C(=O)[O-])N1.[Na+]. The van der Waals surface area contributed by atoms with Gasteiger partial charge in [0.2, 0.25) is 5.91 Å². The minimum absolute atomic E-state index is 0. The van der Waals surface area contributed by atoms with Gasteiger partial charge in [0.1, 0.15) is 0 Å². The van der Waals surface area contributed by atoms with Crippen LogP contribution in [0.15, 0.2) is 0 Å². The average molecular weight is 167 g/mol. The fourth-order valence-electron chi connectivity index (χ4n) is 0.803. The molecule has 0 aliphatic carbocycles. The number of rotatable bonds is 1. The first-order chi connectivity index (χ1) is 4.54. The molecule has 1 saturated heterocycles. The molecule has 1 aliphatic heterocycles. The second-order valence-corrected chi connectivity index (χ2v) is 2.20. The van der Waals surface area contributed by atoms with E-state index in [4.69, 9.17) is 5.11 Å².